The second kappa shape index (κ2) is 11.0. The molecule has 1 aromatic carbocycles. The Labute approximate surface area is 185 Å². The number of hydrogen-bond acceptors (Lipinski definition) is 3. The van der Waals surface area contributed by atoms with Crippen LogP contribution in [0.3, 0.4) is 0 Å². The van der Waals surface area contributed by atoms with E-state index in [2.05, 4.69) is 46.0 Å². The summed E-state index contributed by atoms with van der Waals surface area (Å²) in [7, 11) is 3.51. The van der Waals surface area contributed by atoms with Crippen molar-refractivity contribution in [3.63, 3.8) is 0 Å². The molecule has 1 heterocycles. The Morgan fingerprint density at radius 1 is 1.25 bits per heavy atom. The number of nitrogens with zero attached hydrogens (tertiary/aromatic N) is 2. The molecular weight excluding hydrogens is 467 g/mol. The highest BCUT2D eigenvalue weighted by atomic mass is 127. The van der Waals surface area contributed by atoms with Gasteiger partial charge in [0.15, 0.2) is 5.96 Å². The standard InChI is InChI=1S/C21H32N4O2.HI/c1-25(2)19(26)14-23-20(22-13-18-8-11-27-15-18)24-16-21(9-10-21)12-17-6-4-3-5-7-17;/h3-7,18H,8-16H2,1-2H3,(H2,22,23,24);1H. The topological polar surface area (TPSA) is 66.0 Å². The lowest BCUT2D eigenvalue weighted by Crippen LogP contribution is -2.43. The highest BCUT2D eigenvalue weighted by Gasteiger charge is 2.42. The molecule has 0 radical (unpaired) electrons. The van der Waals surface area contributed by atoms with Gasteiger partial charge in [-0.25, -0.2) is 4.99 Å². The summed E-state index contributed by atoms with van der Waals surface area (Å²) in [6, 6.07) is 10.7. The minimum Gasteiger partial charge on any atom is -0.381 e. The van der Waals surface area contributed by atoms with Gasteiger partial charge in [-0.2, -0.15) is 0 Å². The number of likely N-dealkylation sites (N-methyl/N-ethyl adjacent to an activating group) is 1. The van der Waals surface area contributed by atoms with Crippen LogP contribution in [0.2, 0.25) is 0 Å². The molecule has 1 amide bonds. The molecule has 0 bridgehead atoms. The van der Waals surface area contributed by atoms with Gasteiger partial charge in [0.1, 0.15) is 6.54 Å². The lowest BCUT2D eigenvalue weighted by Gasteiger charge is -2.20. The largest absolute Gasteiger partial charge is 0.381 e. The van der Waals surface area contributed by atoms with Gasteiger partial charge in [0, 0.05) is 39.7 Å². The lowest BCUT2D eigenvalue weighted by molar-refractivity contribution is -0.127. The number of guanidine groups is 1. The molecule has 2 fully saturated rings. The van der Waals surface area contributed by atoms with Crippen molar-refractivity contribution in [3.8, 4) is 0 Å². The van der Waals surface area contributed by atoms with Crippen LogP contribution in [-0.4, -0.2) is 63.7 Å². The van der Waals surface area contributed by atoms with Gasteiger partial charge in [0.05, 0.1) is 6.61 Å². The van der Waals surface area contributed by atoms with Crippen LogP contribution in [-0.2, 0) is 16.0 Å². The molecule has 1 saturated carbocycles. The maximum atomic E-state index is 11.9. The summed E-state index contributed by atoms with van der Waals surface area (Å²) in [6.07, 6.45) is 4.63. The number of benzene rings is 1. The van der Waals surface area contributed by atoms with Crippen LogP contribution < -0.4 is 10.6 Å². The van der Waals surface area contributed by atoms with Gasteiger partial charge >= 0.3 is 0 Å². The minimum absolute atomic E-state index is 0. The fraction of sp³-hybridized carbons (Fsp3) is 0.619. The fourth-order valence-corrected chi connectivity index (χ4v) is 3.34. The minimum atomic E-state index is 0. The highest BCUT2D eigenvalue weighted by molar-refractivity contribution is 14.0. The monoisotopic (exact) mass is 500 g/mol. The molecule has 3 rings (SSSR count). The number of ether oxygens (including phenoxy) is 1. The molecule has 1 unspecified atom stereocenters. The maximum absolute atomic E-state index is 11.9. The van der Waals surface area contributed by atoms with Crippen molar-refractivity contribution in [1.82, 2.24) is 15.5 Å². The highest BCUT2D eigenvalue weighted by Crippen LogP contribution is 2.47. The number of carbonyl (C=O) groups is 1. The molecule has 1 aromatic rings. The molecule has 1 atom stereocenters. The molecule has 1 aliphatic heterocycles. The number of hydrogen-bond donors (Lipinski definition) is 2. The summed E-state index contributed by atoms with van der Waals surface area (Å²) >= 11 is 0. The first kappa shape index (κ1) is 22.9. The van der Waals surface area contributed by atoms with Crippen LogP contribution in [0, 0.1) is 11.3 Å². The Balaban J connectivity index is 0.00000280. The van der Waals surface area contributed by atoms with Crippen LogP contribution in [0.15, 0.2) is 35.3 Å². The van der Waals surface area contributed by atoms with Crippen LogP contribution in [0.25, 0.3) is 0 Å². The average Bonchev–Trinajstić information content (AvgIpc) is 3.22. The van der Waals surface area contributed by atoms with Gasteiger partial charge < -0.3 is 20.3 Å². The summed E-state index contributed by atoms with van der Waals surface area (Å²) in [5.41, 5.74) is 1.69. The second-order valence-electron chi connectivity index (χ2n) is 8.08. The quantitative estimate of drug-likeness (QED) is 0.327. The van der Waals surface area contributed by atoms with Crippen LogP contribution in [0.5, 0.6) is 0 Å². The Kier molecular flexibility index (Phi) is 9.01. The smallest absolute Gasteiger partial charge is 0.243 e. The van der Waals surface area contributed by atoms with Crippen LogP contribution >= 0.6 is 24.0 Å². The van der Waals surface area contributed by atoms with E-state index in [1.165, 1.54) is 18.4 Å². The van der Waals surface area contributed by atoms with Crippen molar-refractivity contribution >= 4 is 35.8 Å². The number of carbonyl (C=O) groups excluding carboxylic acids is 1. The Morgan fingerprint density at radius 3 is 2.61 bits per heavy atom. The zero-order valence-corrected chi connectivity index (χ0v) is 19.3. The van der Waals surface area contributed by atoms with E-state index in [0.29, 0.717) is 11.3 Å². The third-order valence-corrected chi connectivity index (χ3v) is 5.46. The third-order valence-electron chi connectivity index (χ3n) is 5.46. The molecule has 2 N–H and O–H groups in total. The van der Waals surface area contributed by atoms with Crippen molar-refractivity contribution in [2.24, 2.45) is 16.3 Å². The summed E-state index contributed by atoms with van der Waals surface area (Å²) < 4.78 is 5.45. The zero-order chi connectivity index (χ0) is 19.1. The van der Waals surface area contributed by atoms with Crippen LogP contribution in [0.1, 0.15) is 24.8 Å². The van der Waals surface area contributed by atoms with Crippen LogP contribution in [0.4, 0.5) is 0 Å². The van der Waals surface area contributed by atoms with E-state index in [1.807, 2.05) is 0 Å². The Hall–Kier alpha value is -1.35. The van der Waals surface area contributed by atoms with E-state index in [-0.39, 0.29) is 36.4 Å². The number of rotatable bonds is 8. The molecule has 28 heavy (non-hydrogen) atoms. The number of halogens is 1. The molecule has 0 spiro atoms. The molecule has 6 nitrogen and oxygen atoms in total. The second-order valence-corrected chi connectivity index (χ2v) is 8.08. The van der Waals surface area contributed by atoms with E-state index in [1.54, 1.807) is 19.0 Å². The maximum Gasteiger partial charge on any atom is 0.243 e. The van der Waals surface area contributed by atoms with Gasteiger partial charge in [0.25, 0.3) is 0 Å². The van der Waals surface area contributed by atoms with E-state index in [0.717, 1.165) is 45.1 Å². The van der Waals surface area contributed by atoms with Gasteiger partial charge in [-0.1, -0.05) is 30.3 Å². The molecule has 7 heteroatoms. The first-order valence-corrected chi connectivity index (χ1v) is 9.90. The Bertz CT molecular complexity index is 641. The van der Waals surface area contributed by atoms with E-state index in [4.69, 9.17) is 4.74 Å². The molecular formula is C21H33IN4O2. The number of aliphatic imine (C=N–C) groups is 1. The third kappa shape index (κ3) is 7.24. The van der Waals surface area contributed by atoms with E-state index < -0.39 is 0 Å². The van der Waals surface area contributed by atoms with Gasteiger partial charge in [-0.05, 0) is 36.7 Å². The molecule has 1 saturated heterocycles. The van der Waals surface area contributed by atoms with Crippen molar-refractivity contribution in [3.05, 3.63) is 35.9 Å². The van der Waals surface area contributed by atoms with Crippen molar-refractivity contribution in [2.75, 3.05) is 46.9 Å². The molecule has 0 aromatic heterocycles. The fourth-order valence-electron chi connectivity index (χ4n) is 3.34. The summed E-state index contributed by atoms with van der Waals surface area (Å²) in [5, 5.41) is 6.90. The predicted molar refractivity (Wildman–Crippen MR) is 123 cm³/mol. The zero-order valence-electron chi connectivity index (χ0n) is 16.9. The summed E-state index contributed by atoms with van der Waals surface area (Å²) in [4.78, 5) is 18.0. The van der Waals surface area contributed by atoms with Crippen molar-refractivity contribution < 1.29 is 9.53 Å². The first-order chi connectivity index (χ1) is 13.1. The lowest BCUT2D eigenvalue weighted by atomic mass is 9.96. The SMILES string of the molecule is CN(C)C(=O)CN=C(NCC1CCOC1)NCC1(Cc2ccccc2)CC1.I. The number of amides is 1. The van der Waals surface area contributed by atoms with Gasteiger partial charge in [0.2, 0.25) is 5.91 Å². The molecule has 2 aliphatic rings. The Morgan fingerprint density at radius 2 is 2.00 bits per heavy atom. The van der Waals surface area contributed by atoms with Gasteiger partial charge in [-0.3, -0.25) is 4.79 Å². The molecule has 1 aliphatic carbocycles. The molecule has 156 valence electrons. The first-order valence-electron chi connectivity index (χ1n) is 9.90. The summed E-state index contributed by atoms with van der Waals surface area (Å²) in [5.74, 6) is 1.25. The average molecular weight is 500 g/mol. The van der Waals surface area contributed by atoms with Crippen molar-refractivity contribution in [2.45, 2.75) is 25.7 Å². The van der Waals surface area contributed by atoms with E-state index >= 15 is 0 Å². The number of nitrogens with one attached hydrogen (secondary N) is 2. The van der Waals surface area contributed by atoms with Crippen molar-refractivity contribution in [1.29, 1.82) is 0 Å². The predicted octanol–water partition coefficient (Wildman–Crippen LogP) is 2.29. The normalized spacial score (nSPS) is 20.2. The van der Waals surface area contributed by atoms with Gasteiger partial charge in [-0.15, -0.1) is 24.0 Å². The summed E-state index contributed by atoms with van der Waals surface area (Å²) in [6.45, 7) is 3.51. The van der Waals surface area contributed by atoms with E-state index in [9.17, 15) is 4.79 Å².